The van der Waals surface area contributed by atoms with Gasteiger partial charge < -0.3 is 9.72 Å². The number of likely N-dealkylation sites (N-methyl/N-ethyl adjacent to an activating group) is 1. The number of benzene rings is 1. The molecule has 0 unspecified atom stereocenters. The molecule has 0 saturated carbocycles. The number of nitrogens with one attached hydrogen (secondary N) is 1. The monoisotopic (exact) mass is 450 g/mol. The minimum atomic E-state index is -3.71. The smallest absolute Gasteiger partial charge is 0.243 e. The standard InChI is InChI=1S/C18H19BrN4O3S/c1-22(27(25,26)16-7-5-14(19)6-8-16)13-18(24)20-10-9-15-12-23-11-3-2-4-17(23)21-15/h2-8,11-12H,9-10,13H2,1H3,(H,20,24). The first-order valence-electron chi connectivity index (χ1n) is 8.27. The zero-order valence-corrected chi connectivity index (χ0v) is 17.1. The van der Waals surface area contributed by atoms with Crippen molar-refractivity contribution in [3.63, 3.8) is 0 Å². The van der Waals surface area contributed by atoms with Crippen molar-refractivity contribution < 1.29 is 13.2 Å². The highest BCUT2D eigenvalue weighted by molar-refractivity contribution is 9.10. The van der Waals surface area contributed by atoms with E-state index in [1.165, 1.54) is 19.2 Å². The van der Waals surface area contributed by atoms with E-state index in [-0.39, 0.29) is 17.3 Å². The molecule has 27 heavy (non-hydrogen) atoms. The molecule has 3 rings (SSSR count). The SMILES string of the molecule is CN(CC(=O)NCCc1cn2ccccc2n1)S(=O)(=O)c1ccc(Br)cc1. The number of pyridine rings is 1. The number of hydrogen-bond acceptors (Lipinski definition) is 4. The fourth-order valence-corrected chi connectivity index (χ4v) is 3.96. The molecule has 1 N–H and O–H groups in total. The van der Waals surface area contributed by atoms with E-state index in [1.54, 1.807) is 12.1 Å². The second-order valence-corrected chi connectivity index (χ2v) is 8.97. The molecule has 2 heterocycles. The second-order valence-electron chi connectivity index (χ2n) is 6.01. The van der Waals surface area contributed by atoms with Crippen LogP contribution < -0.4 is 5.32 Å². The Morgan fingerprint density at radius 1 is 1.22 bits per heavy atom. The molecule has 0 bridgehead atoms. The van der Waals surface area contributed by atoms with Crippen LogP contribution in [-0.4, -0.2) is 48.2 Å². The number of carbonyl (C=O) groups excluding carboxylic acids is 1. The summed E-state index contributed by atoms with van der Waals surface area (Å²) in [5.41, 5.74) is 1.71. The molecule has 142 valence electrons. The molecule has 0 radical (unpaired) electrons. The van der Waals surface area contributed by atoms with Crippen LogP contribution in [0.15, 0.2) is 64.2 Å². The van der Waals surface area contributed by atoms with E-state index in [0.717, 1.165) is 20.1 Å². The zero-order chi connectivity index (χ0) is 19.4. The van der Waals surface area contributed by atoms with Gasteiger partial charge in [0.25, 0.3) is 0 Å². The average molecular weight is 451 g/mol. The molecule has 0 atom stereocenters. The zero-order valence-electron chi connectivity index (χ0n) is 14.7. The summed E-state index contributed by atoms with van der Waals surface area (Å²) < 4.78 is 28.7. The minimum absolute atomic E-state index is 0.144. The molecule has 0 spiro atoms. The molecule has 0 fully saturated rings. The molecule has 0 aliphatic rings. The summed E-state index contributed by atoms with van der Waals surface area (Å²) in [5.74, 6) is -0.359. The lowest BCUT2D eigenvalue weighted by molar-refractivity contribution is -0.121. The third-order valence-corrected chi connectivity index (χ3v) is 6.35. The molecule has 0 aliphatic heterocycles. The molecule has 7 nitrogen and oxygen atoms in total. The average Bonchev–Trinajstić information content (AvgIpc) is 3.04. The molecule has 0 aliphatic carbocycles. The van der Waals surface area contributed by atoms with Gasteiger partial charge in [-0.3, -0.25) is 4.79 Å². The largest absolute Gasteiger partial charge is 0.355 e. The van der Waals surface area contributed by atoms with Gasteiger partial charge in [0.1, 0.15) is 5.65 Å². The summed E-state index contributed by atoms with van der Waals surface area (Å²) in [6.07, 6.45) is 4.38. The number of rotatable bonds is 7. The number of sulfonamides is 1. The van der Waals surface area contributed by atoms with Crippen LogP contribution in [-0.2, 0) is 21.2 Å². The van der Waals surface area contributed by atoms with Crippen LogP contribution in [0.2, 0.25) is 0 Å². The molecule has 2 aromatic heterocycles. The van der Waals surface area contributed by atoms with Gasteiger partial charge in [-0.05, 0) is 36.4 Å². The van der Waals surface area contributed by atoms with Crippen molar-refractivity contribution in [3.8, 4) is 0 Å². The summed E-state index contributed by atoms with van der Waals surface area (Å²) in [6, 6.07) is 12.0. The van der Waals surface area contributed by atoms with E-state index in [2.05, 4.69) is 26.2 Å². The van der Waals surface area contributed by atoms with Crippen LogP contribution in [0.1, 0.15) is 5.69 Å². The quantitative estimate of drug-likeness (QED) is 0.596. The predicted octanol–water partition coefficient (Wildman–Crippen LogP) is 2.08. The van der Waals surface area contributed by atoms with Crippen molar-refractivity contribution in [1.82, 2.24) is 19.0 Å². The Kier molecular flexibility index (Phi) is 5.93. The van der Waals surface area contributed by atoms with E-state index in [0.29, 0.717) is 13.0 Å². The van der Waals surface area contributed by atoms with Crippen LogP contribution in [0.25, 0.3) is 5.65 Å². The molecular weight excluding hydrogens is 432 g/mol. The number of hydrogen-bond donors (Lipinski definition) is 1. The highest BCUT2D eigenvalue weighted by Gasteiger charge is 2.22. The van der Waals surface area contributed by atoms with Crippen molar-refractivity contribution >= 4 is 37.5 Å². The predicted molar refractivity (Wildman–Crippen MR) is 106 cm³/mol. The first kappa shape index (κ1) is 19.5. The lowest BCUT2D eigenvalue weighted by Crippen LogP contribution is -2.39. The number of carbonyl (C=O) groups is 1. The Morgan fingerprint density at radius 3 is 2.67 bits per heavy atom. The molecule has 1 amide bonds. The van der Waals surface area contributed by atoms with Crippen molar-refractivity contribution in [3.05, 3.63) is 65.0 Å². The van der Waals surface area contributed by atoms with E-state index in [1.807, 2.05) is 35.0 Å². The third kappa shape index (κ3) is 4.74. The van der Waals surface area contributed by atoms with Gasteiger partial charge in [0.2, 0.25) is 15.9 Å². The molecule has 0 saturated heterocycles. The molecule has 3 aromatic rings. The van der Waals surface area contributed by atoms with Gasteiger partial charge in [-0.25, -0.2) is 13.4 Å². The lowest BCUT2D eigenvalue weighted by Gasteiger charge is -2.16. The lowest BCUT2D eigenvalue weighted by atomic mass is 10.3. The Bertz CT molecular complexity index is 1010. The van der Waals surface area contributed by atoms with Gasteiger partial charge >= 0.3 is 0 Å². The summed E-state index contributed by atoms with van der Waals surface area (Å²) in [7, 11) is -2.32. The first-order chi connectivity index (χ1) is 12.9. The summed E-state index contributed by atoms with van der Waals surface area (Å²) in [4.78, 5) is 16.7. The van der Waals surface area contributed by atoms with E-state index >= 15 is 0 Å². The number of amides is 1. The normalized spacial score (nSPS) is 11.8. The van der Waals surface area contributed by atoms with Crippen molar-refractivity contribution in [1.29, 1.82) is 0 Å². The molecule has 9 heteroatoms. The van der Waals surface area contributed by atoms with Crippen molar-refractivity contribution in [2.24, 2.45) is 0 Å². The fourth-order valence-electron chi connectivity index (χ4n) is 2.57. The maximum atomic E-state index is 12.5. The minimum Gasteiger partial charge on any atom is -0.355 e. The topological polar surface area (TPSA) is 83.8 Å². The maximum Gasteiger partial charge on any atom is 0.243 e. The van der Waals surface area contributed by atoms with Crippen molar-refractivity contribution in [2.75, 3.05) is 20.1 Å². The summed E-state index contributed by atoms with van der Waals surface area (Å²) >= 11 is 3.27. The van der Waals surface area contributed by atoms with Crippen LogP contribution in [0, 0.1) is 0 Å². The van der Waals surface area contributed by atoms with E-state index in [9.17, 15) is 13.2 Å². The fraction of sp³-hybridized carbons (Fsp3) is 0.222. The van der Waals surface area contributed by atoms with Gasteiger partial charge in [-0.1, -0.05) is 22.0 Å². The van der Waals surface area contributed by atoms with Gasteiger partial charge in [0.15, 0.2) is 0 Å². The Labute approximate surface area is 166 Å². The van der Waals surface area contributed by atoms with Gasteiger partial charge in [0, 0.05) is 36.9 Å². The van der Waals surface area contributed by atoms with Gasteiger partial charge in [-0.15, -0.1) is 0 Å². The van der Waals surface area contributed by atoms with E-state index in [4.69, 9.17) is 0 Å². The van der Waals surface area contributed by atoms with Crippen LogP contribution >= 0.6 is 15.9 Å². The molecule has 1 aromatic carbocycles. The number of aromatic nitrogens is 2. The molecular formula is C18H19BrN4O3S. The van der Waals surface area contributed by atoms with Crippen molar-refractivity contribution in [2.45, 2.75) is 11.3 Å². The van der Waals surface area contributed by atoms with E-state index < -0.39 is 10.0 Å². The summed E-state index contributed by atoms with van der Waals surface area (Å²) in [5, 5.41) is 2.74. The highest BCUT2D eigenvalue weighted by Crippen LogP contribution is 2.17. The maximum absolute atomic E-state index is 12.5. The Balaban J connectivity index is 1.53. The third-order valence-electron chi connectivity index (χ3n) is 4.01. The highest BCUT2D eigenvalue weighted by atomic mass is 79.9. The second kappa shape index (κ2) is 8.20. The first-order valence-corrected chi connectivity index (χ1v) is 10.5. The van der Waals surface area contributed by atoms with Gasteiger partial charge in [-0.2, -0.15) is 4.31 Å². The number of fused-ring (bicyclic) bond motifs is 1. The number of imidazole rings is 1. The Morgan fingerprint density at radius 2 is 1.96 bits per heavy atom. The summed E-state index contributed by atoms with van der Waals surface area (Å²) in [6.45, 7) is 0.137. The number of halogens is 1. The number of nitrogens with zero attached hydrogens (tertiary/aromatic N) is 3. The van der Waals surface area contributed by atoms with Crippen LogP contribution in [0.4, 0.5) is 0 Å². The Hall–Kier alpha value is -2.23. The van der Waals surface area contributed by atoms with Crippen LogP contribution in [0.3, 0.4) is 0 Å². The van der Waals surface area contributed by atoms with Gasteiger partial charge in [0.05, 0.1) is 17.1 Å². The van der Waals surface area contributed by atoms with Crippen LogP contribution in [0.5, 0.6) is 0 Å².